The van der Waals surface area contributed by atoms with Crippen LogP contribution in [-0.4, -0.2) is 64.4 Å². The number of amides is 1. The van der Waals surface area contributed by atoms with Crippen molar-refractivity contribution in [1.29, 1.82) is 0 Å². The van der Waals surface area contributed by atoms with Gasteiger partial charge < -0.3 is 15.3 Å². The summed E-state index contributed by atoms with van der Waals surface area (Å²) in [5, 5.41) is 12.6. The number of pyridine rings is 2. The first kappa shape index (κ1) is 43.3. The van der Waals surface area contributed by atoms with E-state index in [1.54, 1.807) is 49.6 Å². The van der Waals surface area contributed by atoms with Crippen molar-refractivity contribution in [2.45, 2.75) is 43.7 Å². The van der Waals surface area contributed by atoms with Gasteiger partial charge in [0.1, 0.15) is 21.4 Å². The smallest absolute Gasteiger partial charge is 0.407 e. The summed E-state index contributed by atoms with van der Waals surface area (Å²) in [4.78, 5) is 20.8. The number of nitrogens with zero attached hydrogens (tertiary/aromatic N) is 5. The number of aromatic nitrogens is 4. The minimum atomic E-state index is -4.04. The Balaban J connectivity index is 0.000000252. The minimum Gasteiger partial charge on any atom is -0.465 e. The summed E-state index contributed by atoms with van der Waals surface area (Å²) < 4.78 is 82.1. The first-order valence-electron chi connectivity index (χ1n) is 16.9. The molecular formula is C39H41ClF2N6O6S2. The van der Waals surface area contributed by atoms with Crippen LogP contribution in [0.1, 0.15) is 31.9 Å². The molecule has 17 heteroatoms. The summed E-state index contributed by atoms with van der Waals surface area (Å²) in [6.07, 6.45) is 7.31. The van der Waals surface area contributed by atoms with Crippen LogP contribution in [0.4, 0.5) is 13.6 Å². The number of hydrogen-bond donors (Lipinski definition) is 2. The maximum absolute atomic E-state index is 13.9. The summed E-state index contributed by atoms with van der Waals surface area (Å²) >= 11 is 0. The van der Waals surface area contributed by atoms with Crippen LogP contribution in [0.25, 0.3) is 22.5 Å². The molecule has 296 valence electrons. The lowest BCUT2D eigenvalue weighted by Crippen LogP contribution is -2.36. The Morgan fingerprint density at radius 3 is 1.61 bits per heavy atom. The number of nitrogens with one attached hydrogen (secondary N) is 1. The quantitative estimate of drug-likeness (QED) is 0.135. The van der Waals surface area contributed by atoms with Crippen molar-refractivity contribution >= 4 is 38.5 Å². The van der Waals surface area contributed by atoms with E-state index >= 15 is 0 Å². The van der Waals surface area contributed by atoms with E-state index in [2.05, 4.69) is 15.3 Å². The van der Waals surface area contributed by atoms with Gasteiger partial charge in [0.15, 0.2) is 0 Å². The summed E-state index contributed by atoms with van der Waals surface area (Å²) in [6.45, 7) is 6.50. The van der Waals surface area contributed by atoms with E-state index in [4.69, 9.17) is 0 Å². The first-order chi connectivity index (χ1) is 26.0. The third-order valence-electron chi connectivity index (χ3n) is 8.00. The molecule has 0 aliphatic rings. The van der Waals surface area contributed by atoms with E-state index in [0.29, 0.717) is 28.9 Å². The molecule has 6 aromatic rings. The normalized spacial score (nSPS) is 11.6. The lowest BCUT2D eigenvalue weighted by atomic mass is 9.96. The average molecular weight is 827 g/mol. The maximum atomic E-state index is 13.9. The van der Waals surface area contributed by atoms with Gasteiger partial charge in [-0.2, -0.15) is 0 Å². The Kier molecular flexibility index (Phi) is 13.9. The highest BCUT2D eigenvalue weighted by molar-refractivity contribution is 7.90. The third kappa shape index (κ3) is 10.5. The molecule has 12 nitrogen and oxygen atoms in total. The summed E-state index contributed by atoms with van der Waals surface area (Å²) in [7, 11) is -6.09. The molecule has 0 bridgehead atoms. The molecule has 4 aromatic heterocycles. The maximum Gasteiger partial charge on any atom is 0.407 e. The van der Waals surface area contributed by atoms with Gasteiger partial charge in [0.25, 0.3) is 20.0 Å². The molecule has 0 unspecified atom stereocenters. The van der Waals surface area contributed by atoms with Crippen LogP contribution < -0.4 is 5.32 Å². The van der Waals surface area contributed by atoms with Gasteiger partial charge in [0, 0.05) is 61.4 Å². The fraction of sp³-hybridized carbons (Fsp3) is 0.205. The van der Waals surface area contributed by atoms with Gasteiger partial charge in [-0.3, -0.25) is 9.97 Å². The molecule has 56 heavy (non-hydrogen) atoms. The van der Waals surface area contributed by atoms with Crippen LogP contribution in [0.2, 0.25) is 0 Å². The first-order valence-corrected chi connectivity index (χ1v) is 19.8. The summed E-state index contributed by atoms with van der Waals surface area (Å²) in [5.41, 5.74) is 2.46. The number of benzene rings is 2. The van der Waals surface area contributed by atoms with E-state index < -0.39 is 37.8 Å². The van der Waals surface area contributed by atoms with Gasteiger partial charge in [0.05, 0.1) is 17.9 Å². The monoisotopic (exact) mass is 826 g/mol. The van der Waals surface area contributed by atoms with E-state index in [1.807, 2.05) is 20.8 Å². The highest BCUT2D eigenvalue weighted by Gasteiger charge is 2.26. The molecule has 0 radical (unpaired) electrons. The Labute approximate surface area is 331 Å². The zero-order valence-electron chi connectivity index (χ0n) is 30.9. The van der Waals surface area contributed by atoms with Gasteiger partial charge in [-0.1, -0.05) is 45.0 Å². The molecule has 2 aromatic carbocycles. The molecule has 0 fully saturated rings. The molecule has 0 atom stereocenters. The Morgan fingerprint density at radius 1 is 0.750 bits per heavy atom. The Hall–Kier alpha value is -5.42. The lowest BCUT2D eigenvalue weighted by Gasteiger charge is -2.27. The summed E-state index contributed by atoms with van der Waals surface area (Å²) in [5.74, 6) is -0.931. The largest absolute Gasteiger partial charge is 0.465 e. The molecule has 4 heterocycles. The van der Waals surface area contributed by atoms with Crippen LogP contribution >= 0.6 is 12.4 Å². The Morgan fingerprint density at radius 2 is 1.21 bits per heavy atom. The molecule has 0 aliphatic carbocycles. The lowest BCUT2D eigenvalue weighted by molar-refractivity contribution is 0.123. The van der Waals surface area contributed by atoms with Gasteiger partial charge in [-0.15, -0.1) is 12.4 Å². The van der Waals surface area contributed by atoms with Crippen LogP contribution in [-0.2, 0) is 33.1 Å². The Bertz CT molecular complexity index is 2490. The topological polar surface area (TPSA) is 156 Å². The zero-order valence-corrected chi connectivity index (χ0v) is 33.3. The predicted molar refractivity (Wildman–Crippen MR) is 211 cm³/mol. The van der Waals surface area contributed by atoms with Crippen LogP contribution in [0.3, 0.4) is 0 Å². The standard InChI is InChI=1S/C22H24FN3O4S.C17H16FN3O2S.ClH/c1-22(2,3)15-25(21(27)28)13-16-10-20(17-6-4-7-18(23)11-17)26(14-16)31(29,30)19-8-5-9-24-12-19;1-19-10-13-8-17(14-4-2-5-15(18)9-14)21(12-13)24(22,23)16-6-3-7-20-11-16;/h4-12,14H,13,15H2,1-3H3,(H,27,28);2-9,11-12,19H,10H2,1H3;1H. The second-order valence-corrected chi connectivity index (χ2v) is 17.3. The third-order valence-corrected chi connectivity index (χ3v) is 11.3. The van der Waals surface area contributed by atoms with E-state index in [1.165, 1.54) is 88.4 Å². The van der Waals surface area contributed by atoms with Crippen molar-refractivity contribution in [3.63, 3.8) is 0 Å². The van der Waals surface area contributed by atoms with Crippen molar-refractivity contribution < 1.29 is 35.5 Å². The molecule has 0 saturated heterocycles. The molecule has 0 saturated carbocycles. The van der Waals surface area contributed by atoms with E-state index in [0.717, 1.165) is 9.54 Å². The van der Waals surface area contributed by atoms with E-state index in [-0.39, 0.29) is 46.4 Å². The predicted octanol–water partition coefficient (Wildman–Crippen LogP) is 7.52. The van der Waals surface area contributed by atoms with Crippen molar-refractivity contribution in [2.75, 3.05) is 13.6 Å². The van der Waals surface area contributed by atoms with Crippen LogP contribution in [0, 0.1) is 17.0 Å². The number of carboxylic acid groups (broad SMARTS) is 1. The molecule has 6 rings (SSSR count). The number of carbonyl (C=O) groups is 1. The fourth-order valence-corrected chi connectivity index (χ4v) is 8.43. The molecule has 1 amide bonds. The average Bonchev–Trinajstić information content (AvgIpc) is 3.78. The van der Waals surface area contributed by atoms with Gasteiger partial charge in [-0.05, 0) is 84.3 Å². The van der Waals surface area contributed by atoms with Crippen molar-refractivity contribution in [3.8, 4) is 22.5 Å². The second-order valence-electron chi connectivity index (χ2n) is 13.7. The van der Waals surface area contributed by atoms with Crippen molar-refractivity contribution in [1.82, 2.24) is 28.1 Å². The number of rotatable bonds is 11. The van der Waals surface area contributed by atoms with Gasteiger partial charge in [-0.25, -0.2) is 38.4 Å². The molecule has 0 aliphatic heterocycles. The van der Waals surface area contributed by atoms with E-state index in [9.17, 15) is 35.5 Å². The number of hydrogen-bond acceptors (Lipinski definition) is 8. The fourth-order valence-electron chi connectivity index (χ4n) is 5.71. The second kappa shape index (κ2) is 18.0. The van der Waals surface area contributed by atoms with Crippen molar-refractivity contribution in [3.05, 3.63) is 145 Å². The van der Waals surface area contributed by atoms with Gasteiger partial charge >= 0.3 is 6.09 Å². The molecule has 0 spiro atoms. The van der Waals surface area contributed by atoms with Crippen LogP contribution in [0.5, 0.6) is 0 Å². The highest BCUT2D eigenvalue weighted by atomic mass is 35.5. The zero-order chi connectivity index (χ0) is 40.0. The molecule has 2 N–H and O–H groups in total. The highest BCUT2D eigenvalue weighted by Crippen LogP contribution is 2.30. The SMILES string of the molecule is CC(C)(C)CN(Cc1cc(-c2cccc(F)c2)n(S(=O)(=O)c2cccnc2)c1)C(=O)O.CNCc1cc(-c2cccc(F)c2)n(S(=O)(=O)c2cccnc2)c1.Cl. The summed E-state index contributed by atoms with van der Waals surface area (Å²) in [6, 6.07) is 20.7. The number of halogens is 3. The van der Waals surface area contributed by atoms with Crippen molar-refractivity contribution in [2.24, 2.45) is 5.41 Å². The van der Waals surface area contributed by atoms with Gasteiger partial charge in [0.2, 0.25) is 0 Å². The molecular weight excluding hydrogens is 786 g/mol. The minimum absolute atomic E-state index is 0. The van der Waals surface area contributed by atoms with Crippen LogP contribution in [0.15, 0.2) is 132 Å².